The molecule has 1 aromatic heterocycles. The minimum Gasteiger partial charge on any atom is -0.0419 e. The van der Waals surface area contributed by atoms with Gasteiger partial charge in [0.1, 0.15) is 9.27 Å². The topological polar surface area (TPSA) is 3.88 Å². The smallest absolute Gasteiger partial charge is 0.0419 e. The fourth-order valence-electron chi connectivity index (χ4n) is 0.446. The van der Waals surface area contributed by atoms with Gasteiger partial charge in [-0.1, -0.05) is 0 Å². The summed E-state index contributed by atoms with van der Waals surface area (Å²) in [6.45, 7) is 0. The average Bonchev–Trinajstić information content (AvgIpc) is 1.83. The molecule has 1 aromatic rings. The van der Waals surface area contributed by atoms with Gasteiger partial charge in [0.2, 0.25) is 11.6 Å². The third-order valence-corrected chi connectivity index (χ3v) is 1.42. The quantitative estimate of drug-likeness (QED) is 0.510. The summed E-state index contributed by atoms with van der Waals surface area (Å²) in [4.78, 5) is 0.247. The molecule has 0 aromatic carbocycles. The van der Waals surface area contributed by atoms with Crippen molar-refractivity contribution in [2.45, 2.75) is 0 Å². The van der Waals surface area contributed by atoms with Crippen molar-refractivity contribution in [3.63, 3.8) is 0 Å². The molecule has 0 radical (unpaired) electrons. The van der Waals surface area contributed by atoms with E-state index in [0.717, 1.165) is 0 Å². The molecule has 0 fully saturated rings. The van der Waals surface area contributed by atoms with Crippen LogP contribution in [0.25, 0.3) is 0 Å². The zero-order valence-corrected chi connectivity index (χ0v) is 5.92. The van der Waals surface area contributed by atoms with Gasteiger partial charge in [-0.3, -0.25) is 0 Å². The van der Waals surface area contributed by atoms with Crippen LogP contribution in [0.2, 0.25) is 10.3 Å². The van der Waals surface area contributed by atoms with Crippen LogP contribution >= 0.6 is 11.6 Å². The number of hydrogen-bond acceptors (Lipinski definition) is 0. The Balaban J connectivity index is 3.25. The van der Waals surface area contributed by atoms with Crippen molar-refractivity contribution in [3.05, 3.63) is 28.5 Å². The highest BCUT2D eigenvalue weighted by molar-refractivity contribution is 6.28. The molecule has 0 aliphatic rings. The van der Waals surface area contributed by atoms with Crippen LogP contribution in [0.5, 0.6) is 0 Å². The second-order valence-electron chi connectivity index (χ2n) is 1.47. The predicted octanol–water partition coefficient (Wildman–Crippen LogP) is 1.06. The Hall–Kier alpha value is -0.340. The minimum atomic E-state index is 0.00231. The lowest BCUT2D eigenvalue weighted by Crippen LogP contribution is -2.25. The van der Waals surface area contributed by atoms with Gasteiger partial charge in [-0.15, -0.1) is 0 Å². The molecular formula is C5H4Cl2FN+2. The number of pyridine rings is 1. The number of aromatic nitrogens is 1. The van der Waals surface area contributed by atoms with Crippen molar-refractivity contribution in [2.24, 2.45) is 0 Å². The molecule has 48 valence electrons. The largest absolute Gasteiger partial charge is 0.500 e. The molecule has 0 atom stereocenters. The normalized spacial score (nSPS) is 9.67. The first kappa shape index (κ1) is 6.78. The summed E-state index contributed by atoms with van der Waals surface area (Å²) in [5.74, 6) is 0. The molecule has 1 nitrogen and oxygen atoms in total. The van der Waals surface area contributed by atoms with Crippen LogP contribution in [-0.4, -0.2) is 0 Å². The molecule has 0 amide bonds. The lowest BCUT2D eigenvalue weighted by Gasteiger charge is -1.77. The van der Waals surface area contributed by atoms with Gasteiger partial charge in [0.25, 0.3) is 0 Å². The van der Waals surface area contributed by atoms with Crippen molar-refractivity contribution < 1.29 is 20.9 Å². The summed E-state index contributed by atoms with van der Waals surface area (Å²) in [6, 6.07) is 4.49. The highest BCUT2D eigenvalue weighted by Gasteiger charge is 2.19. The van der Waals surface area contributed by atoms with Gasteiger partial charge in [-0.05, 0) is 17.7 Å². The van der Waals surface area contributed by atoms with E-state index in [1.807, 2.05) is 0 Å². The number of hydrogen-bond donors (Lipinski definition) is 0. The van der Waals surface area contributed by atoms with Gasteiger partial charge in [0, 0.05) is 6.07 Å². The number of nitrogens with zero attached hydrogens (tertiary/aromatic N) is 1. The number of rotatable bonds is 0. The lowest BCUT2D eigenvalue weighted by atomic mass is 10.5. The first-order valence-electron chi connectivity index (χ1n) is 2.25. The van der Waals surface area contributed by atoms with E-state index in [4.69, 9.17) is 11.6 Å². The van der Waals surface area contributed by atoms with E-state index in [-0.39, 0.29) is 15.1 Å². The van der Waals surface area contributed by atoms with E-state index in [9.17, 15) is 4.48 Å². The maximum Gasteiger partial charge on any atom is 0.500 e. The van der Waals surface area contributed by atoms with Crippen LogP contribution < -0.4 is 4.79 Å². The molecule has 9 heavy (non-hydrogen) atoms. The number of halogens is 3. The van der Waals surface area contributed by atoms with Gasteiger partial charge in [0.15, 0.2) is 0 Å². The van der Waals surface area contributed by atoms with Crippen LogP contribution in [0, 0.1) is 11.6 Å². The Morgan fingerprint density at radius 1 is 1.56 bits per heavy atom. The summed E-state index contributed by atoms with van der Waals surface area (Å²) < 4.78 is 12.4. The monoisotopic (exact) mass is 167 g/mol. The molecule has 0 saturated carbocycles. The third kappa shape index (κ3) is 1.32. The Labute approximate surface area is 61.6 Å². The first-order chi connectivity index (χ1) is 4.22. The van der Waals surface area contributed by atoms with Crippen molar-refractivity contribution in [3.8, 4) is 0 Å². The molecule has 1 heterocycles. The van der Waals surface area contributed by atoms with Gasteiger partial charge in [0.05, 0.1) is 6.07 Å². The maximum atomic E-state index is 12.4. The van der Waals surface area contributed by atoms with Gasteiger partial charge < -0.3 is 0 Å². The summed E-state index contributed by atoms with van der Waals surface area (Å²) in [5, 5.41) is 0.0880. The standard InChI is InChI=1S/C5H4Cl2FN/c6-4-2-1-3-5(7)9(4)8/h1-3,6H/q+2. The van der Waals surface area contributed by atoms with E-state index in [1.54, 1.807) is 6.07 Å². The Kier molecular flexibility index (Phi) is 1.88. The fraction of sp³-hybridized carbons (Fsp3) is 0. The molecule has 1 rings (SSSR count). The van der Waals surface area contributed by atoms with Crippen molar-refractivity contribution in [1.82, 2.24) is 0 Å². The van der Waals surface area contributed by atoms with E-state index in [1.165, 1.54) is 12.1 Å². The van der Waals surface area contributed by atoms with Crippen LogP contribution in [0.3, 0.4) is 0 Å². The fourth-order valence-corrected chi connectivity index (χ4v) is 0.837. The zero-order chi connectivity index (χ0) is 6.85. The minimum absolute atomic E-state index is 0.00231. The molecule has 4 heteroatoms. The van der Waals surface area contributed by atoms with E-state index < -0.39 is 0 Å². The van der Waals surface area contributed by atoms with Crippen molar-refractivity contribution in [1.29, 1.82) is 0 Å². The molecule has 0 aliphatic carbocycles. The summed E-state index contributed by atoms with van der Waals surface area (Å²) >= 11 is 9.88. The highest BCUT2D eigenvalue weighted by Crippen LogP contribution is 2.02. The van der Waals surface area contributed by atoms with Gasteiger partial charge >= 0.3 is 10.3 Å². The van der Waals surface area contributed by atoms with E-state index in [2.05, 4.69) is 11.6 Å². The molecule has 0 N–H and O–H groups in total. The third-order valence-electron chi connectivity index (χ3n) is 0.854. The molecule has 0 aliphatic heterocycles. The molecule has 0 bridgehead atoms. The SMILES string of the molecule is F[n+]1c(Cl)cccc1[ClH+]. The van der Waals surface area contributed by atoms with Gasteiger partial charge in [-0.25, -0.2) is 0 Å². The maximum absolute atomic E-state index is 12.4. The second-order valence-corrected chi connectivity index (χ2v) is 2.27. The van der Waals surface area contributed by atoms with Crippen molar-refractivity contribution >= 4 is 11.6 Å². The van der Waals surface area contributed by atoms with Crippen LogP contribution in [0.1, 0.15) is 0 Å². The predicted molar refractivity (Wildman–Crippen MR) is 28.7 cm³/mol. The molecule has 0 spiro atoms. The van der Waals surface area contributed by atoms with Crippen LogP contribution in [0.4, 0.5) is 4.48 Å². The van der Waals surface area contributed by atoms with Crippen LogP contribution in [0.15, 0.2) is 18.2 Å². The van der Waals surface area contributed by atoms with E-state index in [0.29, 0.717) is 0 Å². The Morgan fingerprint density at radius 3 is 2.67 bits per heavy atom. The van der Waals surface area contributed by atoms with Crippen LogP contribution in [-0.2, 0) is 0 Å². The molecule has 0 saturated heterocycles. The summed E-state index contributed by atoms with van der Waals surface area (Å²) in [5.41, 5.74) is 0. The molecular weight excluding hydrogens is 164 g/mol. The summed E-state index contributed by atoms with van der Waals surface area (Å²) in [7, 11) is 0. The first-order valence-corrected chi connectivity index (χ1v) is 3.04. The van der Waals surface area contributed by atoms with E-state index >= 15 is 0 Å². The highest BCUT2D eigenvalue weighted by atomic mass is 35.5. The molecule has 0 unspecified atom stereocenters. The second kappa shape index (κ2) is 2.50. The Morgan fingerprint density at radius 2 is 2.22 bits per heavy atom. The average molecular weight is 168 g/mol. The Bertz CT molecular complexity index is 206. The summed E-state index contributed by atoms with van der Waals surface area (Å²) in [6.07, 6.45) is 0. The zero-order valence-electron chi connectivity index (χ0n) is 4.34. The van der Waals surface area contributed by atoms with Crippen molar-refractivity contribution in [2.75, 3.05) is 0 Å². The lowest BCUT2D eigenvalue weighted by molar-refractivity contribution is -0.877. The van der Waals surface area contributed by atoms with Gasteiger partial charge in [-0.2, -0.15) is 0 Å².